The Morgan fingerprint density at radius 2 is 2.08 bits per heavy atom. The Labute approximate surface area is 147 Å². The molecule has 0 amide bonds. The summed E-state index contributed by atoms with van der Waals surface area (Å²) in [6.07, 6.45) is 8.67. The molecular weight excluding hydrogens is 314 g/mol. The predicted molar refractivity (Wildman–Crippen MR) is 99.9 cm³/mol. The first kappa shape index (κ1) is 17.0. The van der Waals surface area contributed by atoms with Crippen LogP contribution in [0.2, 0.25) is 0 Å². The monoisotopic (exact) mass is 337 g/mol. The van der Waals surface area contributed by atoms with Crippen LogP contribution in [-0.4, -0.2) is 16.7 Å². The summed E-state index contributed by atoms with van der Waals surface area (Å²) in [5.41, 5.74) is 3.23. The second-order valence-electron chi connectivity index (χ2n) is 5.95. The van der Waals surface area contributed by atoms with Gasteiger partial charge in [-0.25, -0.2) is 4.98 Å². The fourth-order valence-electron chi connectivity index (χ4n) is 2.95. The quantitative estimate of drug-likeness (QED) is 0.873. The molecule has 25 heavy (non-hydrogen) atoms. The average molecular weight is 337 g/mol. The minimum absolute atomic E-state index is 0.186. The van der Waals surface area contributed by atoms with Crippen molar-refractivity contribution in [3.63, 3.8) is 0 Å². The maximum absolute atomic E-state index is 12.7. The molecule has 0 spiro atoms. The van der Waals surface area contributed by atoms with E-state index in [9.17, 15) is 4.79 Å². The number of nitrogens with zero attached hydrogens (tertiary/aromatic N) is 2. The average Bonchev–Trinajstić information content (AvgIpc) is 2.66. The number of benzene rings is 1. The van der Waals surface area contributed by atoms with Crippen molar-refractivity contribution in [2.24, 2.45) is 0 Å². The number of allylic oxidation sites excluding steroid dienone is 4. The Bertz CT molecular complexity index is 851. The predicted octanol–water partition coefficient (Wildman–Crippen LogP) is 3.73. The molecule has 1 aliphatic rings. The SMILES string of the molecule is CCC1=C(Nc2ncc(OC)c(=O)n2Cc2ccccc2)CCC=C1. The Hall–Kier alpha value is -2.82. The zero-order chi connectivity index (χ0) is 17.6. The van der Waals surface area contributed by atoms with Crippen LogP contribution in [0, 0.1) is 0 Å². The summed E-state index contributed by atoms with van der Waals surface area (Å²) >= 11 is 0. The van der Waals surface area contributed by atoms with Gasteiger partial charge >= 0.3 is 0 Å². The van der Waals surface area contributed by atoms with Crippen molar-refractivity contribution in [3.8, 4) is 5.75 Å². The normalized spacial score (nSPS) is 13.8. The standard InChI is InChI=1S/C20H23N3O2/c1-3-16-11-7-8-12-17(16)22-20-21-13-18(25-2)19(24)23(20)14-15-9-5-4-6-10-15/h4-7,9-11,13H,3,8,12,14H2,1-2H3,(H,21,22). The van der Waals surface area contributed by atoms with Gasteiger partial charge in [0.25, 0.3) is 5.56 Å². The van der Waals surface area contributed by atoms with Gasteiger partial charge in [0.15, 0.2) is 0 Å². The number of methoxy groups -OCH3 is 1. The molecule has 0 aliphatic heterocycles. The summed E-state index contributed by atoms with van der Waals surface area (Å²) in [7, 11) is 1.49. The van der Waals surface area contributed by atoms with Gasteiger partial charge in [0.1, 0.15) is 0 Å². The molecule has 0 saturated heterocycles. The van der Waals surface area contributed by atoms with E-state index in [0.29, 0.717) is 12.5 Å². The first-order chi connectivity index (χ1) is 12.2. The Balaban J connectivity index is 2.01. The van der Waals surface area contributed by atoms with Crippen LogP contribution in [0.25, 0.3) is 0 Å². The number of ether oxygens (including phenoxy) is 1. The third-order valence-electron chi connectivity index (χ3n) is 4.33. The fourth-order valence-corrected chi connectivity index (χ4v) is 2.95. The number of nitrogens with one attached hydrogen (secondary N) is 1. The van der Waals surface area contributed by atoms with Crippen molar-refractivity contribution in [1.29, 1.82) is 0 Å². The van der Waals surface area contributed by atoms with E-state index in [1.54, 1.807) is 4.57 Å². The second kappa shape index (κ2) is 7.83. The van der Waals surface area contributed by atoms with Crippen molar-refractivity contribution in [1.82, 2.24) is 9.55 Å². The van der Waals surface area contributed by atoms with Crippen LogP contribution in [-0.2, 0) is 6.54 Å². The maximum Gasteiger partial charge on any atom is 0.297 e. The van der Waals surface area contributed by atoms with E-state index in [2.05, 4.69) is 29.4 Å². The lowest BCUT2D eigenvalue weighted by molar-refractivity contribution is 0.401. The lowest BCUT2D eigenvalue weighted by Gasteiger charge is -2.20. The molecule has 0 atom stereocenters. The van der Waals surface area contributed by atoms with Gasteiger partial charge in [0.05, 0.1) is 19.9 Å². The van der Waals surface area contributed by atoms with Crippen molar-refractivity contribution in [3.05, 3.63) is 75.9 Å². The molecule has 0 unspecified atom stereocenters. The van der Waals surface area contributed by atoms with Gasteiger partial charge in [-0.05, 0) is 30.4 Å². The maximum atomic E-state index is 12.7. The van der Waals surface area contributed by atoms with Crippen LogP contribution in [0.15, 0.2) is 64.7 Å². The van der Waals surface area contributed by atoms with E-state index in [1.165, 1.54) is 18.9 Å². The van der Waals surface area contributed by atoms with Crippen molar-refractivity contribution >= 4 is 5.95 Å². The lowest BCUT2D eigenvalue weighted by Crippen LogP contribution is -2.26. The molecule has 0 radical (unpaired) electrons. The molecule has 1 aromatic carbocycles. The van der Waals surface area contributed by atoms with Gasteiger partial charge < -0.3 is 10.1 Å². The third-order valence-corrected chi connectivity index (χ3v) is 4.33. The van der Waals surface area contributed by atoms with Gasteiger partial charge in [-0.2, -0.15) is 0 Å². The molecular formula is C20H23N3O2. The van der Waals surface area contributed by atoms with Gasteiger partial charge in [-0.15, -0.1) is 0 Å². The largest absolute Gasteiger partial charge is 0.490 e. The minimum atomic E-state index is -0.186. The Morgan fingerprint density at radius 1 is 1.28 bits per heavy atom. The highest BCUT2D eigenvalue weighted by Crippen LogP contribution is 2.23. The number of aromatic nitrogens is 2. The van der Waals surface area contributed by atoms with E-state index in [4.69, 9.17) is 4.74 Å². The molecule has 1 aliphatic carbocycles. The molecule has 1 N–H and O–H groups in total. The summed E-state index contributed by atoms with van der Waals surface area (Å²) < 4.78 is 6.80. The summed E-state index contributed by atoms with van der Waals surface area (Å²) in [6.45, 7) is 2.57. The molecule has 1 aromatic heterocycles. The first-order valence-electron chi connectivity index (χ1n) is 8.56. The molecule has 1 heterocycles. The summed E-state index contributed by atoms with van der Waals surface area (Å²) in [6, 6.07) is 9.88. The van der Waals surface area contributed by atoms with E-state index in [1.807, 2.05) is 30.3 Å². The molecule has 0 bridgehead atoms. The molecule has 130 valence electrons. The summed E-state index contributed by atoms with van der Waals surface area (Å²) in [5, 5.41) is 3.39. The smallest absolute Gasteiger partial charge is 0.297 e. The van der Waals surface area contributed by atoms with E-state index in [-0.39, 0.29) is 11.3 Å². The first-order valence-corrected chi connectivity index (χ1v) is 8.56. The van der Waals surface area contributed by atoms with Crippen LogP contribution in [0.5, 0.6) is 5.75 Å². The number of hydrogen-bond donors (Lipinski definition) is 1. The second-order valence-corrected chi connectivity index (χ2v) is 5.95. The Morgan fingerprint density at radius 3 is 2.80 bits per heavy atom. The van der Waals surface area contributed by atoms with Gasteiger partial charge in [0, 0.05) is 5.70 Å². The highest BCUT2D eigenvalue weighted by Gasteiger charge is 2.14. The zero-order valence-electron chi connectivity index (χ0n) is 14.7. The minimum Gasteiger partial charge on any atom is -0.490 e. The van der Waals surface area contributed by atoms with Crippen molar-refractivity contribution in [2.45, 2.75) is 32.7 Å². The Kier molecular flexibility index (Phi) is 5.33. The third kappa shape index (κ3) is 3.82. The number of hydrogen-bond acceptors (Lipinski definition) is 4. The highest BCUT2D eigenvalue weighted by molar-refractivity contribution is 5.43. The number of rotatable bonds is 6. The van der Waals surface area contributed by atoms with Crippen molar-refractivity contribution < 1.29 is 4.74 Å². The van der Waals surface area contributed by atoms with Crippen LogP contribution in [0.3, 0.4) is 0 Å². The van der Waals surface area contributed by atoms with Crippen LogP contribution in [0.1, 0.15) is 31.7 Å². The molecule has 0 fully saturated rings. The molecule has 2 aromatic rings. The fraction of sp³-hybridized carbons (Fsp3) is 0.300. The van der Waals surface area contributed by atoms with E-state index >= 15 is 0 Å². The van der Waals surface area contributed by atoms with Gasteiger partial charge in [0.2, 0.25) is 11.7 Å². The zero-order valence-corrected chi connectivity index (χ0v) is 14.7. The summed E-state index contributed by atoms with van der Waals surface area (Å²) in [5.74, 6) is 0.792. The molecule has 5 heteroatoms. The highest BCUT2D eigenvalue weighted by atomic mass is 16.5. The molecule has 0 saturated carbocycles. The molecule has 5 nitrogen and oxygen atoms in total. The van der Waals surface area contributed by atoms with E-state index < -0.39 is 0 Å². The molecule has 3 rings (SSSR count). The van der Waals surface area contributed by atoms with Crippen LogP contribution < -0.4 is 15.6 Å². The van der Waals surface area contributed by atoms with Crippen LogP contribution in [0.4, 0.5) is 5.95 Å². The van der Waals surface area contributed by atoms with Gasteiger partial charge in [-0.3, -0.25) is 9.36 Å². The summed E-state index contributed by atoms with van der Waals surface area (Å²) in [4.78, 5) is 17.2. The van der Waals surface area contributed by atoms with Crippen molar-refractivity contribution in [2.75, 3.05) is 12.4 Å². The number of anilines is 1. The van der Waals surface area contributed by atoms with Crippen LogP contribution >= 0.6 is 0 Å². The lowest BCUT2D eigenvalue weighted by atomic mass is 10.0. The van der Waals surface area contributed by atoms with Gasteiger partial charge in [-0.1, -0.05) is 49.4 Å². The van der Waals surface area contributed by atoms with E-state index in [0.717, 1.165) is 30.5 Å². The topological polar surface area (TPSA) is 56.2 Å².